The third-order valence-corrected chi connectivity index (χ3v) is 4.95. The van der Waals surface area contributed by atoms with Crippen molar-refractivity contribution in [1.82, 2.24) is 9.55 Å². The molecule has 0 unspecified atom stereocenters. The zero-order valence-corrected chi connectivity index (χ0v) is 13.9. The number of carbonyl (C=O) groups is 1. The van der Waals surface area contributed by atoms with Crippen LogP contribution in [0, 0.1) is 5.21 Å². The van der Waals surface area contributed by atoms with Crippen molar-refractivity contribution in [1.29, 1.82) is 0 Å². The van der Waals surface area contributed by atoms with Gasteiger partial charge in [-0.2, -0.15) is 0 Å². The van der Waals surface area contributed by atoms with Gasteiger partial charge in [0.1, 0.15) is 18.1 Å². The molecule has 2 aromatic carbocycles. The molecule has 3 rings (SSSR count). The molecule has 0 radical (unpaired) electrons. The first-order chi connectivity index (χ1) is 11.0. The smallest absolute Gasteiger partial charge is 0.254 e. The zero-order valence-electron chi connectivity index (χ0n) is 12.4. The lowest BCUT2D eigenvalue weighted by Gasteiger charge is -2.48. The molecule has 0 N–H and O–H groups in total. The van der Waals surface area contributed by atoms with Crippen molar-refractivity contribution in [2.75, 3.05) is 26.2 Å². The van der Waals surface area contributed by atoms with Gasteiger partial charge in [0.25, 0.3) is 5.91 Å². The van der Waals surface area contributed by atoms with Gasteiger partial charge in [0.2, 0.25) is 0 Å². The number of hydrogen-bond donors (Lipinski definition) is 0. The van der Waals surface area contributed by atoms with Gasteiger partial charge in [-0.1, -0.05) is 47.5 Å². The van der Waals surface area contributed by atoms with Gasteiger partial charge in [0.15, 0.2) is 5.69 Å². The van der Waals surface area contributed by atoms with E-state index in [1.165, 1.54) is 0 Å². The third-order valence-electron chi connectivity index (χ3n) is 4.14. The second-order valence-electron chi connectivity index (χ2n) is 5.57. The minimum Gasteiger partial charge on any atom is -0.627 e. The van der Waals surface area contributed by atoms with Crippen LogP contribution in [0.15, 0.2) is 48.5 Å². The summed E-state index contributed by atoms with van der Waals surface area (Å²) >= 11 is 12.2. The van der Waals surface area contributed by atoms with Crippen LogP contribution in [0.25, 0.3) is 0 Å². The van der Waals surface area contributed by atoms with E-state index in [-0.39, 0.29) is 19.0 Å². The average Bonchev–Trinajstić information content (AvgIpc) is 2.58. The van der Waals surface area contributed by atoms with Crippen LogP contribution in [-0.2, 0) is 0 Å². The molecule has 1 aliphatic rings. The van der Waals surface area contributed by atoms with Crippen LogP contribution in [0.2, 0.25) is 10.0 Å². The van der Waals surface area contributed by atoms with Crippen LogP contribution in [0.1, 0.15) is 10.4 Å². The number of quaternary nitrogens is 1. The Morgan fingerprint density at radius 3 is 2.30 bits per heavy atom. The number of carbonyl (C=O) groups excluding carboxylic acids is 1. The average molecular weight is 351 g/mol. The lowest BCUT2D eigenvalue weighted by atomic mass is 10.1. The Kier molecular flexibility index (Phi) is 4.60. The van der Waals surface area contributed by atoms with Gasteiger partial charge in [-0.25, -0.2) is 0 Å². The van der Waals surface area contributed by atoms with Crippen LogP contribution in [0.4, 0.5) is 5.69 Å². The number of hydroxylamine groups is 2. The van der Waals surface area contributed by atoms with Crippen LogP contribution in [0.3, 0.4) is 0 Å². The summed E-state index contributed by atoms with van der Waals surface area (Å²) in [5.74, 6) is -0.0472. The Balaban J connectivity index is 1.75. The normalized spacial score (nSPS) is 17.1. The molecule has 1 saturated heterocycles. The van der Waals surface area contributed by atoms with E-state index in [1.54, 1.807) is 35.2 Å². The summed E-state index contributed by atoms with van der Waals surface area (Å²) in [6.45, 7) is 1.30. The second-order valence-corrected chi connectivity index (χ2v) is 6.35. The van der Waals surface area contributed by atoms with Crippen molar-refractivity contribution >= 4 is 34.8 Å². The van der Waals surface area contributed by atoms with E-state index in [4.69, 9.17) is 23.2 Å². The Hall–Kier alpha value is -1.59. The maximum atomic E-state index is 13.1. The molecule has 6 heteroatoms. The molecule has 0 spiro atoms. The Labute approximate surface area is 145 Å². The minimum atomic E-state index is -0.558. The topological polar surface area (TPSA) is 43.4 Å². The molecule has 120 valence electrons. The summed E-state index contributed by atoms with van der Waals surface area (Å²) in [6, 6.07) is 14.2. The first kappa shape index (κ1) is 16.3. The highest BCUT2D eigenvalue weighted by molar-refractivity contribution is 6.43. The Morgan fingerprint density at radius 1 is 1.00 bits per heavy atom. The molecule has 1 aliphatic heterocycles. The molecule has 0 aromatic heterocycles. The molecular formula is C17H16Cl2N2O2. The predicted octanol–water partition coefficient (Wildman–Crippen LogP) is 3.95. The lowest BCUT2D eigenvalue weighted by molar-refractivity contribution is 0.0683. The molecule has 0 bridgehead atoms. The van der Waals surface area contributed by atoms with E-state index < -0.39 is 4.65 Å². The fourth-order valence-electron chi connectivity index (χ4n) is 2.80. The summed E-state index contributed by atoms with van der Waals surface area (Å²) in [7, 11) is 0. The molecule has 23 heavy (non-hydrogen) atoms. The minimum absolute atomic E-state index is 0.0472. The first-order valence-corrected chi connectivity index (χ1v) is 8.14. The molecule has 1 heterocycles. The number of hydrogen-bond acceptors (Lipinski definition) is 2. The second kappa shape index (κ2) is 6.49. The van der Waals surface area contributed by atoms with Crippen LogP contribution in [-0.4, -0.2) is 37.0 Å². The van der Waals surface area contributed by atoms with E-state index in [0.717, 1.165) is 0 Å². The summed E-state index contributed by atoms with van der Waals surface area (Å²) in [6.07, 6.45) is 0. The number of piperazine rings is 1. The van der Waals surface area contributed by atoms with E-state index in [9.17, 15) is 10.0 Å². The van der Waals surface area contributed by atoms with Crippen molar-refractivity contribution in [2.24, 2.45) is 0 Å². The number of nitrogens with zero attached hydrogens (tertiary/aromatic N) is 2. The summed E-state index contributed by atoms with van der Waals surface area (Å²) in [4.78, 5) is 14.1. The lowest BCUT2D eigenvalue weighted by Crippen LogP contribution is -2.58. The molecule has 0 aliphatic carbocycles. The summed E-state index contributed by atoms with van der Waals surface area (Å²) in [5, 5.41) is 13.7. The quantitative estimate of drug-likeness (QED) is 0.607. The van der Waals surface area contributed by atoms with Crippen molar-refractivity contribution in [3.8, 4) is 0 Å². The zero-order chi connectivity index (χ0) is 16.4. The highest BCUT2D eigenvalue weighted by atomic mass is 35.5. The van der Waals surface area contributed by atoms with Crippen molar-refractivity contribution in [3.63, 3.8) is 0 Å². The number of halogens is 2. The number of amides is 1. The molecular weight excluding hydrogens is 335 g/mol. The van der Waals surface area contributed by atoms with Gasteiger partial charge >= 0.3 is 0 Å². The van der Waals surface area contributed by atoms with Gasteiger partial charge < -0.3 is 14.8 Å². The van der Waals surface area contributed by atoms with E-state index >= 15 is 0 Å². The van der Waals surface area contributed by atoms with Crippen molar-refractivity contribution < 1.29 is 4.79 Å². The van der Waals surface area contributed by atoms with E-state index in [0.29, 0.717) is 34.4 Å². The van der Waals surface area contributed by atoms with E-state index in [1.807, 2.05) is 18.2 Å². The maximum absolute atomic E-state index is 13.1. The molecule has 2 aromatic rings. The predicted molar refractivity (Wildman–Crippen MR) is 93.7 cm³/mol. The van der Waals surface area contributed by atoms with Crippen LogP contribution in [0.5, 0.6) is 0 Å². The van der Waals surface area contributed by atoms with Gasteiger partial charge in [0, 0.05) is 11.6 Å². The number of rotatable bonds is 2. The summed E-state index contributed by atoms with van der Waals surface area (Å²) < 4.78 is -0.558. The fraction of sp³-hybridized carbons (Fsp3) is 0.235. The van der Waals surface area contributed by atoms with Gasteiger partial charge in [-0.05, 0) is 18.2 Å². The van der Waals surface area contributed by atoms with Crippen molar-refractivity contribution in [2.45, 2.75) is 0 Å². The standard InChI is InChI=1S/C17H16Cl2N2O2/c18-14-7-4-8-15(16(14)19)21(23)11-9-20(10-12-21)17(22)13-5-2-1-3-6-13/h1-8H,9-12H2. The largest absolute Gasteiger partial charge is 0.627 e. The maximum Gasteiger partial charge on any atom is 0.254 e. The van der Waals surface area contributed by atoms with Crippen molar-refractivity contribution in [3.05, 3.63) is 69.3 Å². The summed E-state index contributed by atoms with van der Waals surface area (Å²) in [5.41, 5.74) is 1.10. The molecule has 1 amide bonds. The third kappa shape index (κ3) is 3.21. The van der Waals surface area contributed by atoms with Crippen LogP contribution >= 0.6 is 23.2 Å². The molecule has 0 saturated carbocycles. The van der Waals surface area contributed by atoms with E-state index in [2.05, 4.69) is 0 Å². The fourth-order valence-corrected chi connectivity index (χ4v) is 3.25. The Morgan fingerprint density at radius 2 is 1.65 bits per heavy atom. The first-order valence-electron chi connectivity index (χ1n) is 7.38. The number of benzene rings is 2. The molecule has 1 fully saturated rings. The van der Waals surface area contributed by atoms with Gasteiger partial charge in [-0.15, -0.1) is 0 Å². The van der Waals surface area contributed by atoms with Crippen LogP contribution < -0.4 is 4.65 Å². The Bertz CT molecular complexity index is 714. The van der Waals surface area contributed by atoms with Gasteiger partial charge in [-0.3, -0.25) is 4.79 Å². The van der Waals surface area contributed by atoms with Gasteiger partial charge in [0.05, 0.1) is 18.1 Å². The molecule has 0 atom stereocenters. The molecule has 4 nitrogen and oxygen atoms in total. The highest BCUT2D eigenvalue weighted by Gasteiger charge is 2.32. The SMILES string of the molecule is O=C(c1ccccc1)N1CC[N+]([O-])(c2cccc(Cl)c2Cl)CC1. The highest BCUT2D eigenvalue weighted by Crippen LogP contribution is 2.36. The monoisotopic (exact) mass is 350 g/mol.